The van der Waals surface area contributed by atoms with Crippen molar-refractivity contribution in [2.24, 2.45) is 0 Å². The standard InChI is InChI=1S/C6H9Si/c1-3-4-5-6(2)7/h3-6H,1H2,2H3/b5-4-. The van der Waals surface area contributed by atoms with Crippen LogP contribution in [0.4, 0.5) is 0 Å². The van der Waals surface area contributed by atoms with E-state index < -0.39 is 0 Å². The van der Waals surface area contributed by atoms with Crippen LogP contribution in [-0.2, 0) is 0 Å². The fourth-order valence-electron chi connectivity index (χ4n) is 0.245. The number of hydrogen-bond acceptors (Lipinski definition) is 0. The van der Waals surface area contributed by atoms with Crippen molar-refractivity contribution in [3.63, 3.8) is 0 Å². The molecule has 1 unspecified atom stereocenters. The molecule has 0 N–H and O–H groups in total. The van der Waals surface area contributed by atoms with E-state index in [1.165, 1.54) is 0 Å². The molecule has 3 radical (unpaired) electrons. The van der Waals surface area contributed by atoms with E-state index in [1.54, 1.807) is 6.08 Å². The van der Waals surface area contributed by atoms with Gasteiger partial charge in [-0.1, -0.05) is 31.7 Å². The van der Waals surface area contributed by atoms with Crippen LogP contribution < -0.4 is 0 Å². The van der Waals surface area contributed by atoms with Crippen molar-refractivity contribution in [1.29, 1.82) is 0 Å². The molecule has 1 heteroatoms. The first-order chi connectivity index (χ1) is 3.27. The van der Waals surface area contributed by atoms with E-state index in [9.17, 15) is 0 Å². The monoisotopic (exact) mass is 109 g/mol. The Morgan fingerprint density at radius 2 is 2.29 bits per heavy atom. The third-order valence-electron chi connectivity index (χ3n) is 0.536. The van der Waals surface area contributed by atoms with Gasteiger partial charge in [-0.05, 0) is 5.54 Å². The van der Waals surface area contributed by atoms with Crippen LogP contribution in [-0.4, -0.2) is 10.2 Å². The molecule has 37 valence electrons. The first-order valence-electron chi connectivity index (χ1n) is 2.27. The van der Waals surface area contributed by atoms with E-state index in [0.29, 0.717) is 5.54 Å². The molecule has 0 nitrogen and oxygen atoms in total. The summed E-state index contributed by atoms with van der Waals surface area (Å²) in [5.74, 6) is 0. The maximum atomic E-state index is 3.52. The minimum atomic E-state index is 0.456. The number of allylic oxidation sites excluding steroid dienone is 3. The van der Waals surface area contributed by atoms with Crippen LogP contribution in [0.1, 0.15) is 6.92 Å². The van der Waals surface area contributed by atoms with Gasteiger partial charge in [-0.2, -0.15) is 0 Å². The molecule has 0 aliphatic heterocycles. The van der Waals surface area contributed by atoms with E-state index >= 15 is 0 Å². The summed E-state index contributed by atoms with van der Waals surface area (Å²) in [6.07, 6.45) is 5.69. The Bertz CT molecular complexity index is 72.2. The summed E-state index contributed by atoms with van der Waals surface area (Å²) >= 11 is 0. The van der Waals surface area contributed by atoms with Crippen LogP contribution in [0.2, 0.25) is 5.54 Å². The van der Waals surface area contributed by atoms with Gasteiger partial charge >= 0.3 is 0 Å². The molecule has 0 amide bonds. The van der Waals surface area contributed by atoms with Crippen LogP contribution in [0.3, 0.4) is 0 Å². The van der Waals surface area contributed by atoms with E-state index in [0.717, 1.165) is 0 Å². The number of rotatable bonds is 2. The average molecular weight is 109 g/mol. The highest BCUT2D eigenvalue weighted by atomic mass is 28.1. The van der Waals surface area contributed by atoms with Gasteiger partial charge in [0.15, 0.2) is 0 Å². The Kier molecular flexibility index (Phi) is 3.70. The van der Waals surface area contributed by atoms with E-state index in [-0.39, 0.29) is 0 Å². The smallest absolute Gasteiger partial charge is 0.0319 e. The Hall–Kier alpha value is -0.303. The van der Waals surface area contributed by atoms with Gasteiger partial charge in [0.2, 0.25) is 0 Å². The van der Waals surface area contributed by atoms with Crippen molar-refractivity contribution < 1.29 is 0 Å². The first-order valence-corrected chi connectivity index (χ1v) is 2.85. The molecule has 0 spiro atoms. The molecule has 0 aromatic heterocycles. The van der Waals surface area contributed by atoms with Crippen LogP contribution in [0, 0.1) is 0 Å². The second kappa shape index (κ2) is 3.87. The maximum Gasteiger partial charge on any atom is 0.0319 e. The van der Waals surface area contributed by atoms with Crippen molar-refractivity contribution in [3.05, 3.63) is 24.8 Å². The fourth-order valence-corrected chi connectivity index (χ4v) is 0.356. The molecule has 0 aliphatic carbocycles. The SMILES string of the molecule is C=C/C=C\C(C)[Si]. The lowest BCUT2D eigenvalue weighted by atomic mass is 10.4. The topological polar surface area (TPSA) is 0 Å². The molecule has 7 heavy (non-hydrogen) atoms. The molecule has 0 saturated carbocycles. The highest BCUT2D eigenvalue weighted by molar-refractivity contribution is 6.12. The van der Waals surface area contributed by atoms with Gasteiger partial charge in [-0.3, -0.25) is 0 Å². The quantitative estimate of drug-likeness (QED) is 0.374. The molecule has 0 aromatic rings. The van der Waals surface area contributed by atoms with Crippen LogP contribution in [0.25, 0.3) is 0 Å². The third kappa shape index (κ3) is 5.70. The Morgan fingerprint density at radius 3 is 2.43 bits per heavy atom. The largest absolute Gasteiger partial charge is 0.0991 e. The second-order valence-corrected chi connectivity index (χ2v) is 2.32. The summed E-state index contributed by atoms with van der Waals surface area (Å²) in [5.41, 5.74) is 0.456. The number of hydrogen-bond donors (Lipinski definition) is 0. The predicted octanol–water partition coefficient (Wildman–Crippen LogP) is 1.71. The summed E-state index contributed by atoms with van der Waals surface area (Å²) in [7, 11) is 3.39. The fraction of sp³-hybridized carbons (Fsp3) is 0.333. The third-order valence-corrected chi connectivity index (χ3v) is 0.728. The lowest BCUT2D eigenvalue weighted by Gasteiger charge is -1.86. The second-order valence-electron chi connectivity index (χ2n) is 1.41. The molecule has 0 fully saturated rings. The molecule has 0 bridgehead atoms. The summed E-state index contributed by atoms with van der Waals surface area (Å²) in [4.78, 5) is 0. The van der Waals surface area contributed by atoms with Crippen molar-refractivity contribution in [2.45, 2.75) is 12.5 Å². The molecule has 0 aromatic carbocycles. The Morgan fingerprint density at radius 1 is 1.71 bits per heavy atom. The normalized spacial score (nSPS) is 14.6. The highest BCUT2D eigenvalue weighted by Crippen LogP contribution is 1.95. The van der Waals surface area contributed by atoms with Gasteiger partial charge in [0.25, 0.3) is 0 Å². The molecule has 0 saturated heterocycles. The highest BCUT2D eigenvalue weighted by Gasteiger charge is 1.78. The molecule has 1 atom stereocenters. The zero-order chi connectivity index (χ0) is 5.70. The van der Waals surface area contributed by atoms with Gasteiger partial charge in [-0.25, -0.2) is 0 Å². The van der Waals surface area contributed by atoms with Gasteiger partial charge in [0.1, 0.15) is 0 Å². The van der Waals surface area contributed by atoms with Crippen molar-refractivity contribution in [3.8, 4) is 0 Å². The zero-order valence-electron chi connectivity index (χ0n) is 4.52. The molecule has 0 heterocycles. The van der Waals surface area contributed by atoms with E-state index in [2.05, 4.69) is 23.7 Å². The first kappa shape index (κ1) is 6.70. The summed E-state index contributed by atoms with van der Waals surface area (Å²) in [6, 6.07) is 0. The Balaban J connectivity index is 3.25. The van der Waals surface area contributed by atoms with Crippen molar-refractivity contribution in [2.75, 3.05) is 0 Å². The molecule has 0 aliphatic rings. The summed E-state index contributed by atoms with van der Waals surface area (Å²) in [6.45, 7) is 5.58. The van der Waals surface area contributed by atoms with Crippen LogP contribution in [0.5, 0.6) is 0 Å². The lowest BCUT2D eigenvalue weighted by molar-refractivity contribution is 1.21. The van der Waals surface area contributed by atoms with E-state index in [1.807, 2.05) is 12.2 Å². The predicted molar refractivity (Wildman–Crippen MR) is 34.5 cm³/mol. The minimum Gasteiger partial charge on any atom is -0.0991 e. The van der Waals surface area contributed by atoms with Crippen LogP contribution in [0.15, 0.2) is 24.8 Å². The van der Waals surface area contributed by atoms with Crippen molar-refractivity contribution >= 4 is 10.2 Å². The van der Waals surface area contributed by atoms with E-state index in [4.69, 9.17) is 0 Å². The molecular formula is C6H9Si. The van der Waals surface area contributed by atoms with Crippen LogP contribution >= 0.6 is 0 Å². The summed E-state index contributed by atoms with van der Waals surface area (Å²) < 4.78 is 0. The maximum absolute atomic E-state index is 3.52. The summed E-state index contributed by atoms with van der Waals surface area (Å²) in [5, 5.41) is 0. The average Bonchev–Trinajstić information content (AvgIpc) is 1.61. The van der Waals surface area contributed by atoms with Gasteiger partial charge in [0, 0.05) is 10.2 Å². The van der Waals surface area contributed by atoms with Crippen molar-refractivity contribution in [1.82, 2.24) is 0 Å². The van der Waals surface area contributed by atoms with Gasteiger partial charge in [-0.15, -0.1) is 0 Å². The zero-order valence-corrected chi connectivity index (χ0v) is 5.52. The van der Waals surface area contributed by atoms with Gasteiger partial charge in [0.05, 0.1) is 0 Å². The molecule has 0 rings (SSSR count). The lowest BCUT2D eigenvalue weighted by Crippen LogP contribution is -1.73. The van der Waals surface area contributed by atoms with Gasteiger partial charge < -0.3 is 0 Å². The minimum absolute atomic E-state index is 0.456. The molecular weight excluding hydrogens is 100 g/mol. The Labute approximate surface area is 48.4 Å².